The third kappa shape index (κ3) is 4.55. The molecule has 2 aliphatic rings. The van der Waals surface area contributed by atoms with E-state index in [1.54, 1.807) is 10.6 Å². The molecule has 2 N–H and O–H groups in total. The number of benzene rings is 1. The quantitative estimate of drug-likeness (QED) is 0.495. The Bertz CT molecular complexity index is 1420. The molecule has 1 aromatic carbocycles. The Morgan fingerprint density at radius 2 is 1.89 bits per heavy atom. The first kappa shape index (κ1) is 24.9. The standard InChI is InChI=1S/C25H33N5O5S/c1-3-14-35-21-9-8-19(36(33,34)29-12-10-18(31)11-13-29)15-20(21)23-27-25(32)22-16(2)26-24(30(22)28-23)17-6-4-5-7-17/h8-9,15,17-18,31H,3-7,10-14H2,1-2H3,(H,27,28,32). The number of aromatic amines is 1. The smallest absolute Gasteiger partial charge is 0.277 e. The second kappa shape index (κ2) is 9.95. The van der Waals surface area contributed by atoms with E-state index in [2.05, 4.69) is 9.97 Å². The molecule has 1 saturated carbocycles. The SMILES string of the molecule is CCCOc1ccc(S(=O)(=O)N2CCC(O)CC2)cc1-c1nn2c(C3CCCC3)nc(C)c2c(=O)[nH]1. The van der Waals surface area contributed by atoms with Crippen LogP contribution in [0.2, 0.25) is 0 Å². The van der Waals surface area contributed by atoms with Crippen LogP contribution in [-0.4, -0.2) is 63.2 Å². The molecule has 0 unspecified atom stereocenters. The van der Waals surface area contributed by atoms with Crippen LogP contribution in [0, 0.1) is 6.92 Å². The minimum atomic E-state index is -3.80. The maximum absolute atomic E-state index is 13.4. The van der Waals surface area contributed by atoms with Crippen LogP contribution < -0.4 is 10.3 Å². The molecule has 3 heterocycles. The Morgan fingerprint density at radius 1 is 1.17 bits per heavy atom. The molecule has 1 aliphatic heterocycles. The van der Waals surface area contributed by atoms with Crippen molar-refractivity contribution in [2.24, 2.45) is 0 Å². The summed E-state index contributed by atoms with van der Waals surface area (Å²) in [6.45, 7) is 4.74. The van der Waals surface area contributed by atoms with Crippen LogP contribution in [0.1, 0.15) is 69.3 Å². The molecule has 5 rings (SSSR count). The lowest BCUT2D eigenvalue weighted by molar-refractivity contribution is 0.113. The molecule has 0 bridgehead atoms. The summed E-state index contributed by atoms with van der Waals surface area (Å²) in [6, 6.07) is 4.67. The molecular formula is C25H33N5O5S. The zero-order valence-corrected chi connectivity index (χ0v) is 21.6. The van der Waals surface area contributed by atoms with Crippen LogP contribution >= 0.6 is 0 Å². The zero-order chi connectivity index (χ0) is 25.4. The fourth-order valence-electron chi connectivity index (χ4n) is 5.19. The highest BCUT2D eigenvalue weighted by Gasteiger charge is 2.30. The lowest BCUT2D eigenvalue weighted by atomic mass is 10.1. The average Bonchev–Trinajstić information content (AvgIpc) is 3.51. The van der Waals surface area contributed by atoms with Gasteiger partial charge < -0.3 is 14.8 Å². The van der Waals surface area contributed by atoms with Crippen LogP contribution in [0.5, 0.6) is 5.75 Å². The van der Waals surface area contributed by atoms with E-state index in [0.29, 0.717) is 42.0 Å². The van der Waals surface area contributed by atoms with E-state index in [4.69, 9.17) is 9.84 Å². The van der Waals surface area contributed by atoms with Gasteiger partial charge in [-0.05, 0) is 57.2 Å². The van der Waals surface area contributed by atoms with E-state index < -0.39 is 16.1 Å². The monoisotopic (exact) mass is 515 g/mol. The number of nitrogens with zero attached hydrogens (tertiary/aromatic N) is 4. The number of ether oxygens (including phenoxy) is 1. The summed E-state index contributed by atoms with van der Waals surface area (Å²) in [6.07, 6.45) is 5.35. The molecule has 0 amide bonds. The summed E-state index contributed by atoms with van der Waals surface area (Å²) in [4.78, 5) is 20.8. The maximum atomic E-state index is 13.4. The Kier molecular flexibility index (Phi) is 6.88. The Balaban J connectivity index is 1.63. The van der Waals surface area contributed by atoms with Crippen LogP contribution in [-0.2, 0) is 10.0 Å². The Labute approximate surface area is 210 Å². The topological polar surface area (TPSA) is 130 Å². The van der Waals surface area contributed by atoms with Crippen molar-refractivity contribution in [3.8, 4) is 17.1 Å². The highest BCUT2D eigenvalue weighted by molar-refractivity contribution is 7.89. The molecule has 0 atom stereocenters. The van der Waals surface area contributed by atoms with Gasteiger partial charge in [-0.2, -0.15) is 4.31 Å². The number of aliphatic hydroxyl groups excluding tert-OH is 1. The minimum absolute atomic E-state index is 0.0957. The summed E-state index contributed by atoms with van der Waals surface area (Å²) in [5, 5.41) is 14.6. The van der Waals surface area contributed by atoms with Gasteiger partial charge in [-0.3, -0.25) is 4.79 Å². The third-order valence-electron chi connectivity index (χ3n) is 7.15. The van der Waals surface area contributed by atoms with Gasteiger partial charge in [0, 0.05) is 19.0 Å². The third-order valence-corrected chi connectivity index (χ3v) is 9.04. The molecule has 10 nitrogen and oxygen atoms in total. The normalized spacial score (nSPS) is 18.3. The van der Waals surface area contributed by atoms with Crippen molar-refractivity contribution in [3.05, 3.63) is 40.1 Å². The maximum Gasteiger partial charge on any atom is 0.277 e. The Hall–Kier alpha value is -2.76. The molecular weight excluding hydrogens is 482 g/mol. The van der Waals surface area contributed by atoms with Crippen molar-refractivity contribution in [1.82, 2.24) is 23.9 Å². The largest absolute Gasteiger partial charge is 0.493 e. The first-order valence-corrected chi connectivity index (χ1v) is 14.2. The lowest BCUT2D eigenvalue weighted by Gasteiger charge is -2.29. The molecule has 0 radical (unpaired) electrons. The zero-order valence-electron chi connectivity index (χ0n) is 20.7. The number of aryl methyl sites for hydroxylation is 1. The number of hydrogen-bond donors (Lipinski definition) is 2. The van der Waals surface area contributed by atoms with E-state index in [1.807, 2.05) is 13.8 Å². The number of aliphatic hydroxyl groups is 1. The predicted molar refractivity (Wildman–Crippen MR) is 135 cm³/mol. The highest BCUT2D eigenvalue weighted by Crippen LogP contribution is 2.35. The molecule has 36 heavy (non-hydrogen) atoms. The van der Waals surface area contributed by atoms with Gasteiger partial charge in [-0.1, -0.05) is 19.8 Å². The molecule has 11 heteroatoms. The number of H-pyrrole nitrogens is 1. The summed E-state index contributed by atoms with van der Waals surface area (Å²) >= 11 is 0. The summed E-state index contributed by atoms with van der Waals surface area (Å²) in [5.41, 5.74) is 1.12. The molecule has 1 aliphatic carbocycles. The fraction of sp³-hybridized carbons (Fsp3) is 0.560. The number of aromatic nitrogens is 4. The van der Waals surface area contributed by atoms with Crippen LogP contribution in [0.3, 0.4) is 0 Å². The lowest BCUT2D eigenvalue weighted by Crippen LogP contribution is -2.40. The van der Waals surface area contributed by atoms with Crippen molar-refractivity contribution >= 4 is 15.5 Å². The van der Waals surface area contributed by atoms with Crippen molar-refractivity contribution < 1.29 is 18.3 Å². The Morgan fingerprint density at radius 3 is 2.58 bits per heavy atom. The van der Waals surface area contributed by atoms with Crippen molar-refractivity contribution in [1.29, 1.82) is 0 Å². The van der Waals surface area contributed by atoms with Gasteiger partial charge in [-0.15, -0.1) is 5.10 Å². The molecule has 2 fully saturated rings. The van der Waals surface area contributed by atoms with Crippen molar-refractivity contribution in [2.45, 2.75) is 75.7 Å². The first-order valence-electron chi connectivity index (χ1n) is 12.7. The second-order valence-electron chi connectivity index (χ2n) is 9.74. The van der Waals surface area contributed by atoms with Gasteiger partial charge in [0.2, 0.25) is 10.0 Å². The summed E-state index contributed by atoms with van der Waals surface area (Å²) in [5.74, 6) is 1.71. The number of sulfonamides is 1. The molecule has 194 valence electrons. The van der Waals surface area contributed by atoms with E-state index in [9.17, 15) is 18.3 Å². The van der Waals surface area contributed by atoms with E-state index in [0.717, 1.165) is 37.9 Å². The average molecular weight is 516 g/mol. The minimum Gasteiger partial charge on any atom is -0.493 e. The van der Waals surface area contributed by atoms with Crippen LogP contribution in [0.4, 0.5) is 0 Å². The highest BCUT2D eigenvalue weighted by atomic mass is 32.2. The number of imidazole rings is 1. The number of rotatable bonds is 7. The van der Waals surface area contributed by atoms with Gasteiger partial charge in [0.1, 0.15) is 11.6 Å². The molecule has 2 aromatic heterocycles. The molecule has 1 saturated heterocycles. The molecule has 0 spiro atoms. The van der Waals surface area contributed by atoms with Gasteiger partial charge in [0.05, 0.1) is 28.9 Å². The van der Waals surface area contributed by atoms with Crippen LogP contribution in [0.25, 0.3) is 16.9 Å². The van der Waals surface area contributed by atoms with Gasteiger partial charge in [0.15, 0.2) is 11.3 Å². The summed E-state index contributed by atoms with van der Waals surface area (Å²) < 4.78 is 35.8. The van der Waals surface area contributed by atoms with Gasteiger partial charge >= 0.3 is 0 Å². The van der Waals surface area contributed by atoms with E-state index >= 15 is 0 Å². The summed E-state index contributed by atoms with van der Waals surface area (Å²) in [7, 11) is -3.80. The van der Waals surface area contributed by atoms with Crippen molar-refractivity contribution in [2.75, 3.05) is 19.7 Å². The molecule has 3 aromatic rings. The number of nitrogens with one attached hydrogen (secondary N) is 1. The second-order valence-corrected chi connectivity index (χ2v) is 11.7. The predicted octanol–water partition coefficient (Wildman–Crippen LogP) is 2.98. The number of hydrogen-bond acceptors (Lipinski definition) is 7. The van der Waals surface area contributed by atoms with Gasteiger partial charge in [0.25, 0.3) is 5.56 Å². The first-order chi connectivity index (χ1) is 17.3. The number of fused-ring (bicyclic) bond motifs is 1. The van der Waals surface area contributed by atoms with E-state index in [-0.39, 0.29) is 35.3 Å². The number of piperidine rings is 1. The van der Waals surface area contributed by atoms with Crippen molar-refractivity contribution in [3.63, 3.8) is 0 Å². The van der Waals surface area contributed by atoms with Gasteiger partial charge in [-0.25, -0.2) is 17.9 Å². The fourth-order valence-corrected chi connectivity index (χ4v) is 6.68. The van der Waals surface area contributed by atoms with E-state index in [1.165, 1.54) is 16.4 Å². The van der Waals surface area contributed by atoms with Crippen LogP contribution in [0.15, 0.2) is 27.9 Å².